The van der Waals surface area contributed by atoms with Gasteiger partial charge in [0.1, 0.15) is 0 Å². The number of piperidine rings is 1. The first-order valence-electron chi connectivity index (χ1n) is 7.49. The molecule has 1 saturated heterocycles. The second-order valence-corrected chi connectivity index (χ2v) is 6.75. The summed E-state index contributed by atoms with van der Waals surface area (Å²) in [5.41, 5.74) is 2.53. The molecule has 1 heterocycles. The Morgan fingerprint density at radius 1 is 1.38 bits per heavy atom. The highest BCUT2D eigenvalue weighted by atomic mass is 32.2. The van der Waals surface area contributed by atoms with Crippen molar-refractivity contribution in [3.8, 4) is 0 Å². The smallest absolute Gasteiger partial charge is 0.227 e. The quantitative estimate of drug-likeness (QED) is 0.818. The summed E-state index contributed by atoms with van der Waals surface area (Å²) in [6.45, 7) is 1.41. The van der Waals surface area contributed by atoms with Crippen LogP contribution in [0.5, 0.6) is 0 Å². The minimum absolute atomic E-state index is 0.109. The number of nitrogens with one attached hydrogen (secondary N) is 1. The van der Waals surface area contributed by atoms with E-state index in [0.717, 1.165) is 12.2 Å². The van der Waals surface area contributed by atoms with E-state index in [0.29, 0.717) is 19.4 Å². The van der Waals surface area contributed by atoms with Crippen LogP contribution in [0.2, 0.25) is 0 Å². The zero-order chi connectivity index (χ0) is 14.9. The van der Waals surface area contributed by atoms with Gasteiger partial charge in [0.25, 0.3) is 0 Å². The van der Waals surface area contributed by atoms with E-state index < -0.39 is 6.10 Å². The van der Waals surface area contributed by atoms with Crippen molar-refractivity contribution >= 4 is 23.5 Å². The number of hydrogen-bond donors (Lipinski definition) is 2. The number of carbonyl (C=O) groups excluding carboxylic acids is 1. The standard InChI is InChI=1S/C16H22N2O2S/c1-21-17-11-16(8-9-16)12-2-4-13(5-3-12)18-10-14(19)6-7-15(18)20/h2-5,14,17,19H,6-11H2,1H3. The maximum Gasteiger partial charge on any atom is 0.227 e. The zero-order valence-electron chi connectivity index (χ0n) is 12.3. The molecule has 1 aliphatic heterocycles. The molecule has 0 aromatic heterocycles. The maximum atomic E-state index is 12.0. The first kappa shape index (κ1) is 14.9. The Morgan fingerprint density at radius 2 is 2.10 bits per heavy atom. The summed E-state index contributed by atoms with van der Waals surface area (Å²) in [6.07, 6.45) is 5.11. The molecule has 1 aromatic rings. The monoisotopic (exact) mass is 306 g/mol. The number of anilines is 1. The molecule has 0 bridgehead atoms. The molecule has 4 nitrogen and oxygen atoms in total. The fourth-order valence-corrected chi connectivity index (χ4v) is 3.42. The predicted molar refractivity (Wildman–Crippen MR) is 86.5 cm³/mol. The average molecular weight is 306 g/mol. The molecule has 1 unspecified atom stereocenters. The fraction of sp³-hybridized carbons (Fsp3) is 0.562. The van der Waals surface area contributed by atoms with E-state index in [1.165, 1.54) is 18.4 Å². The molecule has 3 rings (SSSR count). The van der Waals surface area contributed by atoms with E-state index in [1.54, 1.807) is 16.8 Å². The lowest BCUT2D eigenvalue weighted by molar-refractivity contribution is -0.121. The van der Waals surface area contributed by atoms with Gasteiger partial charge in [-0.2, -0.15) is 0 Å². The molecule has 1 amide bonds. The molecule has 1 atom stereocenters. The zero-order valence-corrected chi connectivity index (χ0v) is 13.2. The van der Waals surface area contributed by atoms with Crippen molar-refractivity contribution in [2.24, 2.45) is 0 Å². The Balaban J connectivity index is 1.73. The number of benzene rings is 1. The van der Waals surface area contributed by atoms with Crippen molar-refractivity contribution in [2.45, 2.75) is 37.2 Å². The Morgan fingerprint density at radius 3 is 2.71 bits per heavy atom. The van der Waals surface area contributed by atoms with Gasteiger partial charge >= 0.3 is 0 Å². The lowest BCUT2D eigenvalue weighted by atomic mass is 9.95. The molecule has 2 fully saturated rings. The molecule has 1 saturated carbocycles. The number of amides is 1. The van der Waals surface area contributed by atoms with Crippen molar-refractivity contribution in [1.82, 2.24) is 4.72 Å². The molecular formula is C16H22N2O2S. The second-order valence-electron chi connectivity index (χ2n) is 6.05. The summed E-state index contributed by atoms with van der Waals surface area (Å²) in [4.78, 5) is 13.7. The van der Waals surface area contributed by atoms with Crippen LogP contribution in [-0.2, 0) is 10.2 Å². The van der Waals surface area contributed by atoms with E-state index in [-0.39, 0.29) is 11.3 Å². The van der Waals surface area contributed by atoms with Crippen molar-refractivity contribution in [3.05, 3.63) is 29.8 Å². The Hall–Kier alpha value is -1.04. The topological polar surface area (TPSA) is 52.6 Å². The van der Waals surface area contributed by atoms with Gasteiger partial charge in [-0.25, -0.2) is 0 Å². The van der Waals surface area contributed by atoms with E-state index in [9.17, 15) is 9.90 Å². The Bertz CT molecular complexity index is 514. The van der Waals surface area contributed by atoms with Crippen LogP contribution in [0, 0.1) is 0 Å². The summed E-state index contributed by atoms with van der Waals surface area (Å²) in [5.74, 6) is 0.109. The van der Waals surface area contributed by atoms with Crippen LogP contribution in [0.3, 0.4) is 0 Å². The van der Waals surface area contributed by atoms with Crippen LogP contribution in [0.15, 0.2) is 24.3 Å². The SMILES string of the molecule is CSNCC1(c2ccc(N3CC(O)CCC3=O)cc2)CC1. The van der Waals surface area contributed by atoms with Crippen molar-refractivity contribution < 1.29 is 9.90 Å². The summed E-state index contributed by atoms with van der Waals surface area (Å²) in [6, 6.07) is 8.31. The van der Waals surface area contributed by atoms with Crippen molar-refractivity contribution in [1.29, 1.82) is 0 Å². The lowest BCUT2D eigenvalue weighted by Gasteiger charge is -2.30. The summed E-state index contributed by atoms with van der Waals surface area (Å²) < 4.78 is 3.36. The number of β-amino-alcohol motifs (C(OH)–C–C–N with tert-alkyl or cyclic N) is 1. The van der Waals surface area contributed by atoms with Crippen LogP contribution in [0.1, 0.15) is 31.2 Å². The molecule has 1 aromatic carbocycles. The number of hydrogen-bond acceptors (Lipinski definition) is 4. The number of aliphatic hydroxyl groups excluding tert-OH is 1. The van der Waals surface area contributed by atoms with Gasteiger partial charge in [0.2, 0.25) is 5.91 Å². The first-order chi connectivity index (χ1) is 10.1. The molecule has 21 heavy (non-hydrogen) atoms. The second kappa shape index (κ2) is 5.99. The van der Waals surface area contributed by atoms with E-state index in [2.05, 4.69) is 16.9 Å². The molecule has 0 spiro atoms. The number of carbonyl (C=O) groups is 1. The molecule has 0 radical (unpaired) electrons. The normalized spacial score (nSPS) is 24.2. The number of nitrogens with zero attached hydrogens (tertiary/aromatic N) is 1. The highest BCUT2D eigenvalue weighted by molar-refractivity contribution is 7.96. The maximum absolute atomic E-state index is 12.0. The van der Waals surface area contributed by atoms with Gasteiger partial charge in [-0.15, -0.1) is 0 Å². The summed E-state index contributed by atoms with van der Waals surface area (Å²) >= 11 is 1.66. The van der Waals surface area contributed by atoms with Crippen LogP contribution in [0.25, 0.3) is 0 Å². The highest BCUT2D eigenvalue weighted by Crippen LogP contribution is 2.48. The van der Waals surface area contributed by atoms with Crippen LogP contribution in [0.4, 0.5) is 5.69 Å². The van der Waals surface area contributed by atoms with Gasteiger partial charge in [-0.05, 0) is 43.2 Å². The molecular weight excluding hydrogens is 284 g/mol. The Kier molecular flexibility index (Phi) is 4.24. The fourth-order valence-electron chi connectivity index (χ4n) is 3.00. The van der Waals surface area contributed by atoms with Crippen LogP contribution >= 0.6 is 11.9 Å². The summed E-state index contributed by atoms with van der Waals surface area (Å²) in [5, 5.41) is 9.75. The van der Waals surface area contributed by atoms with Gasteiger partial charge in [-0.3, -0.25) is 9.52 Å². The van der Waals surface area contributed by atoms with Crippen molar-refractivity contribution in [2.75, 3.05) is 24.2 Å². The third-order valence-electron chi connectivity index (χ3n) is 4.59. The van der Waals surface area contributed by atoms with Gasteiger partial charge in [-0.1, -0.05) is 24.1 Å². The third kappa shape index (κ3) is 3.10. The largest absolute Gasteiger partial charge is 0.391 e. The minimum Gasteiger partial charge on any atom is -0.391 e. The van der Waals surface area contributed by atoms with Gasteiger partial charge in [0.05, 0.1) is 12.6 Å². The van der Waals surface area contributed by atoms with E-state index in [1.807, 2.05) is 18.4 Å². The third-order valence-corrected chi connectivity index (χ3v) is 5.02. The number of rotatable bonds is 5. The van der Waals surface area contributed by atoms with Crippen LogP contribution in [-0.4, -0.2) is 36.5 Å². The van der Waals surface area contributed by atoms with Gasteiger partial charge < -0.3 is 10.0 Å². The molecule has 1 aliphatic carbocycles. The molecule has 5 heteroatoms. The minimum atomic E-state index is -0.400. The summed E-state index contributed by atoms with van der Waals surface area (Å²) in [7, 11) is 0. The molecule has 114 valence electrons. The van der Waals surface area contributed by atoms with Gasteiger partial charge in [0, 0.05) is 24.1 Å². The van der Waals surface area contributed by atoms with E-state index in [4.69, 9.17) is 0 Å². The Labute approximate surface area is 130 Å². The highest BCUT2D eigenvalue weighted by Gasteiger charge is 2.43. The van der Waals surface area contributed by atoms with Gasteiger partial charge in [0.15, 0.2) is 0 Å². The average Bonchev–Trinajstić information content (AvgIpc) is 3.29. The van der Waals surface area contributed by atoms with E-state index >= 15 is 0 Å². The first-order valence-corrected chi connectivity index (χ1v) is 8.72. The molecule has 2 N–H and O–H groups in total. The number of aliphatic hydroxyl groups is 1. The van der Waals surface area contributed by atoms with Crippen molar-refractivity contribution in [3.63, 3.8) is 0 Å². The lowest BCUT2D eigenvalue weighted by Crippen LogP contribution is -2.42. The predicted octanol–water partition coefficient (Wildman–Crippen LogP) is 2.07. The molecule has 2 aliphatic rings. The van der Waals surface area contributed by atoms with Crippen LogP contribution < -0.4 is 9.62 Å².